The molecule has 1 amide bonds. The molecule has 0 atom stereocenters. The first-order valence-corrected chi connectivity index (χ1v) is 8.95. The minimum atomic E-state index is -0.452. The van der Waals surface area contributed by atoms with E-state index in [1.54, 1.807) is 29.2 Å². The van der Waals surface area contributed by atoms with Crippen molar-refractivity contribution in [2.45, 2.75) is 16.2 Å². The second-order valence-corrected chi connectivity index (χ2v) is 7.37. The molecular formula is C16H13ClN2O2S2. The molecular weight excluding hydrogens is 352 g/mol. The molecule has 0 unspecified atom stereocenters. The summed E-state index contributed by atoms with van der Waals surface area (Å²) in [7, 11) is 0. The highest BCUT2D eigenvalue weighted by atomic mass is 35.5. The molecule has 118 valence electrons. The Morgan fingerprint density at radius 1 is 1.30 bits per heavy atom. The van der Waals surface area contributed by atoms with Gasteiger partial charge in [-0.05, 0) is 43.3 Å². The zero-order valence-electron chi connectivity index (χ0n) is 12.2. The number of hydrogen-bond donors (Lipinski definition) is 1. The van der Waals surface area contributed by atoms with Crippen molar-refractivity contribution in [3.8, 4) is 5.75 Å². The van der Waals surface area contributed by atoms with E-state index < -0.39 is 6.09 Å². The number of nitrogens with zero attached hydrogens (tertiary/aromatic N) is 1. The van der Waals surface area contributed by atoms with Crippen molar-refractivity contribution in [1.82, 2.24) is 10.3 Å². The molecule has 7 heteroatoms. The molecule has 1 heterocycles. The fourth-order valence-corrected chi connectivity index (χ4v) is 4.08. The van der Waals surface area contributed by atoms with Crippen molar-refractivity contribution in [3.63, 3.8) is 0 Å². The number of carbonyl (C=O) groups is 1. The lowest BCUT2D eigenvalue weighted by Gasteiger charge is -2.03. The molecule has 3 rings (SSSR count). The summed E-state index contributed by atoms with van der Waals surface area (Å²) in [5, 5.41) is 3.31. The smallest absolute Gasteiger partial charge is 0.410 e. The highest BCUT2D eigenvalue weighted by Gasteiger charge is 2.09. The molecule has 4 nitrogen and oxygen atoms in total. The third-order valence-electron chi connectivity index (χ3n) is 2.89. The van der Waals surface area contributed by atoms with E-state index in [0.717, 1.165) is 19.5 Å². The maximum atomic E-state index is 11.5. The van der Waals surface area contributed by atoms with Gasteiger partial charge in [-0.1, -0.05) is 23.4 Å². The van der Waals surface area contributed by atoms with E-state index in [1.165, 1.54) is 0 Å². The molecule has 0 radical (unpaired) electrons. The summed E-state index contributed by atoms with van der Waals surface area (Å²) < 4.78 is 7.11. The highest BCUT2D eigenvalue weighted by Crippen LogP contribution is 2.36. The van der Waals surface area contributed by atoms with Crippen LogP contribution in [0, 0.1) is 0 Å². The number of halogens is 1. The van der Waals surface area contributed by atoms with Gasteiger partial charge in [-0.3, -0.25) is 0 Å². The number of benzene rings is 2. The Morgan fingerprint density at radius 3 is 2.83 bits per heavy atom. The first-order valence-electron chi connectivity index (χ1n) is 6.94. The van der Waals surface area contributed by atoms with Gasteiger partial charge in [0.05, 0.1) is 10.2 Å². The van der Waals surface area contributed by atoms with Crippen molar-refractivity contribution in [2.24, 2.45) is 0 Å². The average Bonchev–Trinajstić information content (AvgIpc) is 2.91. The molecule has 0 spiro atoms. The van der Waals surface area contributed by atoms with Crippen molar-refractivity contribution in [3.05, 3.63) is 47.5 Å². The van der Waals surface area contributed by atoms with Gasteiger partial charge < -0.3 is 10.1 Å². The van der Waals surface area contributed by atoms with Crippen LogP contribution in [0.25, 0.3) is 10.2 Å². The number of carbonyl (C=O) groups excluding carboxylic acids is 1. The Balaban J connectivity index is 1.78. The molecule has 0 fully saturated rings. The summed E-state index contributed by atoms with van der Waals surface area (Å²) in [6, 6.07) is 13.1. The molecule has 2 aromatic carbocycles. The third kappa shape index (κ3) is 4.16. The van der Waals surface area contributed by atoms with Crippen LogP contribution in [-0.2, 0) is 0 Å². The molecule has 3 aromatic rings. The van der Waals surface area contributed by atoms with E-state index in [9.17, 15) is 4.79 Å². The molecule has 0 aliphatic rings. The number of ether oxygens (including phenoxy) is 1. The fraction of sp³-hybridized carbons (Fsp3) is 0.125. The summed E-state index contributed by atoms with van der Waals surface area (Å²) in [5.74, 6) is 0.509. The number of hydrogen-bond acceptors (Lipinski definition) is 5. The first-order chi connectivity index (χ1) is 11.1. The van der Waals surface area contributed by atoms with Gasteiger partial charge in [-0.25, -0.2) is 9.78 Å². The second-order valence-electron chi connectivity index (χ2n) is 4.59. The molecule has 1 aromatic heterocycles. The number of fused-ring (bicyclic) bond motifs is 1. The SMILES string of the molecule is CCNC(=O)Oc1ccc2nc(Sc3ccc(Cl)cc3)sc2c1. The van der Waals surface area contributed by atoms with Gasteiger partial charge >= 0.3 is 6.09 Å². The van der Waals surface area contributed by atoms with Gasteiger partial charge in [0, 0.05) is 22.5 Å². The maximum Gasteiger partial charge on any atom is 0.412 e. The third-order valence-corrected chi connectivity index (χ3v) is 5.23. The molecule has 0 aliphatic heterocycles. The zero-order valence-corrected chi connectivity index (χ0v) is 14.6. The van der Waals surface area contributed by atoms with E-state index in [1.807, 2.05) is 43.3 Å². The summed E-state index contributed by atoms with van der Waals surface area (Å²) >= 11 is 9.03. The predicted octanol–water partition coefficient (Wildman–Crippen LogP) is 5.21. The van der Waals surface area contributed by atoms with Crippen LogP contribution in [-0.4, -0.2) is 17.6 Å². The normalized spacial score (nSPS) is 10.7. The minimum Gasteiger partial charge on any atom is -0.410 e. The van der Waals surface area contributed by atoms with Crippen molar-refractivity contribution in [2.75, 3.05) is 6.54 Å². The summed E-state index contributed by atoms with van der Waals surface area (Å²) in [5.41, 5.74) is 0.884. The van der Waals surface area contributed by atoms with Crippen LogP contribution >= 0.6 is 34.7 Å². The van der Waals surface area contributed by atoms with E-state index in [4.69, 9.17) is 16.3 Å². The van der Waals surface area contributed by atoms with Crippen LogP contribution in [0.15, 0.2) is 51.7 Å². The summed E-state index contributed by atoms with van der Waals surface area (Å²) in [4.78, 5) is 17.1. The lowest BCUT2D eigenvalue weighted by Crippen LogP contribution is -2.26. The molecule has 0 bridgehead atoms. The molecule has 0 saturated heterocycles. The zero-order chi connectivity index (χ0) is 16.2. The number of nitrogens with one attached hydrogen (secondary N) is 1. The lowest BCUT2D eigenvalue weighted by molar-refractivity contribution is 0.201. The predicted molar refractivity (Wildman–Crippen MR) is 94.9 cm³/mol. The van der Waals surface area contributed by atoms with Crippen molar-refractivity contribution >= 4 is 51.0 Å². The highest BCUT2D eigenvalue weighted by molar-refractivity contribution is 8.01. The number of amides is 1. The van der Waals surface area contributed by atoms with Gasteiger partial charge in [0.2, 0.25) is 0 Å². The average molecular weight is 365 g/mol. The quantitative estimate of drug-likeness (QED) is 0.690. The minimum absolute atomic E-state index is 0.452. The van der Waals surface area contributed by atoms with Crippen LogP contribution in [0.3, 0.4) is 0 Å². The molecule has 1 N–H and O–H groups in total. The number of rotatable bonds is 4. The van der Waals surface area contributed by atoms with Gasteiger partial charge in [0.25, 0.3) is 0 Å². The number of aromatic nitrogens is 1. The maximum absolute atomic E-state index is 11.5. The Labute approximate surface area is 146 Å². The standard InChI is InChI=1S/C16H13ClN2O2S2/c1-2-18-15(20)21-11-5-8-13-14(9-11)23-16(19-13)22-12-6-3-10(17)4-7-12/h3-9H,2H2,1H3,(H,18,20). The van der Waals surface area contributed by atoms with Crippen LogP contribution < -0.4 is 10.1 Å². The second kappa shape index (κ2) is 7.21. The van der Waals surface area contributed by atoms with Crippen molar-refractivity contribution in [1.29, 1.82) is 0 Å². The van der Waals surface area contributed by atoms with Gasteiger partial charge in [0.1, 0.15) is 5.75 Å². The van der Waals surface area contributed by atoms with Crippen molar-refractivity contribution < 1.29 is 9.53 Å². The molecule has 0 saturated carbocycles. The van der Waals surface area contributed by atoms with Crippen LogP contribution in [0.4, 0.5) is 4.79 Å². The van der Waals surface area contributed by atoms with Crippen LogP contribution in [0.1, 0.15) is 6.92 Å². The number of thiazole rings is 1. The first kappa shape index (κ1) is 16.1. The topological polar surface area (TPSA) is 51.2 Å². The van der Waals surface area contributed by atoms with E-state index in [2.05, 4.69) is 10.3 Å². The van der Waals surface area contributed by atoms with E-state index in [-0.39, 0.29) is 0 Å². The van der Waals surface area contributed by atoms with Gasteiger partial charge in [-0.15, -0.1) is 11.3 Å². The Morgan fingerprint density at radius 2 is 2.09 bits per heavy atom. The monoisotopic (exact) mass is 364 g/mol. The summed E-state index contributed by atoms with van der Waals surface area (Å²) in [6.45, 7) is 2.37. The van der Waals surface area contributed by atoms with E-state index >= 15 is 0 Å². The van der Waals surface area contributed by atoms with Gasteiger partial charge in [0.15, 0.2) is 4.34 Å². The summed E-state index contributed by atoms with van der Waals surface area (Å²) in [6.07, 6.45) is -0.452. The Hall–Kier alpha value is -1.76. The fourth-order valence-electron chi connectivity index (χ4n) is 1.88. The Bertz CT molecular complexity index is 834. The van der Waals surface area contributed by atoms with Crippen LogP contribution in [0.2, 0.25) is 5.02 Å². The molecule has 23 heavy (non-hydrogen) atoms. The largest absolute Gasteiger partial charge is 0.412 e. The molecule has 0 aliphatic carbocycles. The lowest BCUT2D eigenvalue weighted by atomic mass is 10.3. The van der Waals surface area contributed by atoms with E-state index in [0.29, 0.717) is 17.3 Å². The van der Waals surface area contributed by atoms with Gasteiger partial charge in [-0.2, -0.15) is 0 Å². The van der Waals surface area contributed by atoms with Crippen LogP contribution in [0.5, 0.6) is 5.75 Å². The Kier molecular flexibility index (Phi) is 5.05.